The molecule has 0 saturated carbocycles. The van der Waals surface area contributed by atoms with Gasteiger partial charge in [0.1, 0.15) is 5.01 Å². The quantitative estimate of drug-likeness (QED) is 0.730. The van der Waals surface area contributed by atoms with E-state index in [-0.39, 0.29) is 0 Å². The minimum Gasteiger partial charge on any atom is -0.383 e. The largest absolute Gasteiger partial charge is 0.383 e. The molecule has 2 rings (SSSR count). The predicted molar refractivity (Wildman–Crippen MR) is 80.6 cm³/mol. The highest BCUT2D eigenvalue weighted by molar-refractivity contribution is 9.09. The van der Waals surface area contributed by atoms with Crippen LogP contribution in [0.1, 0.15) is 5.01 Å². The molecule has 0 bridgehead atoms. The zero-order chi connectivity index (χ0) is 12.8. The van der Waals surface area contributed by atoms with E-state index in [0.717, 1.165) is 37.1 Å². The lowest BCUT2D eigenvalue weighted by molar-refractivity contribution is 0.148. The van der Waals surface area contributed by atoms with Crippen LogP contribution in [0.2, 0.25) is 0 Å². The summed E-state index contributed by atoms with van der Waals surface area (Å²) in [5, 5.41) is 2.15. The van der Waals surface area contributed by atoms with Crippen molar-refractivity contribution in [2.45, 2.75) is 6.54 Å². The van der Waals surface area contributed by atoms with Crippen molar-refractivity contribution in [1.82, 2.24) is 9.88 Å². The highest BCUT2D eigenvalue weighted by Gasteiger charge is 2.09. The van der Waals surface area contributed by atoms with E-state index < -0.39 is 0 Å². The third kappa shape index (κ3) is 3.75. The Labute approximate surface area is 120 Å². The van der Waals surface area contributed by atoms with E-state index in [0.29, 0.717) is 0 Å². The minimum atomic E-state index is 0.762. The summed E-state index contributed by atoms with van der Waals surface area (Å²) >= 11 is 5.27. The first-order chi connectivity index (χ1) is 8.83. The molecule has 5 heteroatoms. The monoisotopic (exact) mass is 328 g/mol. The summed E-state index contributed by atoms with van der Waals surface area (Å²) in [6.07, 6.45) is 0. The fourth-order valence-electron chi connectivity index (χ4n) is 1.79. The third-order valence-corrected chi connectivity index (χ3v) is 4.09. The van der Waals surface area contributed by atoms with Crippen LogP contribution in [0.4, 0.5) is 0 Å². The number of hydrogen-bond acceptors (Lipinski definition) is 4. The van der Waals surface area contributed by atoms with Crippen LogP contribution in [0.5, 0.6) is 0 Å². The second-order valence-corrected chi connectivity index (χ2v) is 5.94. The molecule has 1 heterocycles. The maximum atomic E-state index is 5.14. The summed E-state index contributed by atoms with van der Waals surface area (Å²) in [7, 11) is 1.74. The Kier molecular flexibility index (Phi) is 5.56. The molecule has 0 aliphatic rings. The van der Waals surface area contributed by atoms with Crippen LogP contribution in [0.15, 0.2) is 24.3 Å². The number of thiazole rings is 1. The van der Waals surface area contributed by atoms with Gasteiger partial charge >= 0.3 is 0 Å². The summed E-state index contributed by atoms with van der Waals surface area (Å²) in [6, 6.07) is 8.29. The van der Waals surface area contributed by atoms with E-state index in [4.69, 9.17) is 4.74 Å². The van der Waals surface area contributed by atoms with Crippen LogP contribution in [0.25, 0.3) is 10.2 Å². The average Bonchev–Trinajstić information content (AvgIpc) is 2.78. The molecule has 3 nitrogen and oxygen atoms in total. The number of para-hydroxylation sites is 1. The first-order valence-corrected chi connectivity index (χ1v) is 7.89. The molecule has 0 N–H and O–H groups in total. The number of methoxy groups -OCH3 is 1. The zero-order valence-corrected chi connectivity index (χ0v) is 12.8. The molecular formula is C13H17BrN2OS. The van der Waals surface area contributed by atoms with Crippen molar-refractivity contribution in [3.63, 3.8) is 0 Å². The number of hydrogen-bond donors (Lipinski definition) is 0. The van der Waals surface area contributed by atoms with Crippen molar-refractivity contribution >= 4 is 37.5 Å². The first kappa shape index (κ1) is 13.9. The molecular weight excluding hydrogens is 312 g/mol. The van der Waals surface area contributed by atoms with E-state index in [1.165, 1.54) is 9.71 Å². The second-order valence-electron chi connectivity index (χ2n) is 4.03. The topological polar surface area (TPSA) is 25.4 Å². The summed E-state index contributed by atoms with van der Waals surface area (Å²) in [4.78, 5) is 7.02. The molecule has 1 aromatic heterocycles. The molecule has 2 aromatic rings. The number of fused-ring (bicyclic) bond motifs is 1. The highest BCUT2D eigenvalue weighted by atomic mass is 79.9. The molecule has 1 aromatic carbocycles. The Morgan fingerprint density at radius 3 is 2.89 bits per heavy atom. The number of ether oxygens (including phenoxy) is 1. The number of aromatic nitrogens is 1. The molecule has 0 radical (unpaired) electrons. The SMILES string of the molecule is COCCN(CCBr)Cc1nc2ccccc2s1. The predicted octanol–water partition coefficient (Wildman–Crippen LogP) is 3.14. The van der Waals surface area contributed by atoms with Gasteiger partial charge in [-0.3, -0.25) is 4.90 Å². The Morgan fingerprint density at radius 2 is 2.17 bits per heavy atom. The van der Waals surface area contributed by atoms with Gasteiger partial charge in [-0.15, -0.1) is 11.3 Å². The normalized spacial score (nSPS) is 11.5. The first-order valence-electron chi connectivity index (χ1n) is 5.95. The fraction of sp³-hybridized carbons (Fsp3) is 0.462. The Morgan fingerprint density at radius 1 is 1.33 bits per heavy atom. The molecule has 0 saturated heterocycles. The van der Waals surface area contributed by atoms with Crippen LogP contribution in [0, 0.1) is 0 Å². The molecule has 0 amide bonds. The van der Waals surface area contributed by atoms with E-state index in [1.54, 1.807) is 18.4 Å². The second kappa shape index (κ2) is 7.19. The van der Waals surface area contributed by atoms with Gasteiger partial charge in [0.25, 0.3) is 0 Å². The molecule has 18 heavy (non-hydrogen) atoms. The van der Waals surface area contributed by atoms with Gasteiger partial charge in [0, 0.05) is 25.5 Å². The van der Waals surface area contributed by atoms with Crippen molar-refractivity contribution in [3.05, 3.63) is 29.3 Å². The van der Waals surface area contributed by atoms with Crippen LogP contribution in [-0.4, -0.2) is 42.0 Å². The molecule has 0 fully saturated rings. The van der Waals surface area contributed by atoms with Gasteiger partial charge in [-0.1, -0.05) is 28.1 Å². The maximum Gasteiger partial charge on any atom is 0.108 e. The summed E-state index contributed by atoms with van der Waals surface area (Å²) in [5.41, 5.74) is 1.10. The van der Waals surface area contributed by atoms with Gasteiger partial charge in [-0.05, 0) is 12.1 Å². The number of halogens is 1. The lowest BCUT2D eigenvalue weighted by Crippen LogP contribution is -2.28. The third-order valence-electron chi connectivity index (χ3n) is 2.71. The van der Waals surface area contributed by atoms with Gasteiger partial charge in [-0.25, -0.2) is 4.98 Å². The number of benzene rings is 1. The van der Waals surface area contributed by atoms with Crippen LogP contribution in [0.3, 0.4) is 0 Å². The van der Waals surface area contributed by atoms with E-state index in [9.17, 15) is 0 Å². The molecule has 98 valence electrons. The smallest absolute Gasteiger partial charge is 0.108 e. The Balaban J connectivity index is 2.05. The van der Waals surface area contributed by atoms with E-state index in [1.807, 2.05) is 6.07 Å². The minimum absolute atomic E-state index is 0.762. The van der Waals surface area contributed by atoms with Crippen LogP contribution in [-0.2, 0) is 11.3 Å². The highest BCUT2D eigenvalue weighted by Crippen LogP contribution is 2.22. The molecule has 0 aliphatic heterocycles. The lowest BCUT2D eigenvalue weighted by Gasteiger charge is -2.19. The summed E-state index contributed by atoms with van der Waals surface area (Å²) < 4.78 is 6.40. The molecule has 0 spiro atoms. The fourth-order valence-corrected chi connectivity index (χ4v) is 3.30. The van der Waals surface area contributed by atoms with Crippen molar-refractivity contribution in [3.8, 4) is 0 Å². The van der Waals surface area contributed by atoms with Crippen molar-refractivity contribution in [1.29, 1.82) is 0 Å². The zero-order valence-electron chi connectivity index (χ0n) is 10.4. The van der Waals surface area contributed by atoms with Gasteiger partial charge < -0.3 is 4.74 Å². The lowest BCUT2D eigenvalue weighted by atomic mass is 10.3. The molecule has 0 atom stereocenters. The van der Waals surface area contributed by atoms with Crippen molar-refractivity contribution in [2.75, 3.05) is 32.1 Å². The van der Waals surface area contributed by atoms with Crippen molar-refractivity contribution < 1.29 is 4.74 Å². The van der Waals surface area contributed by atoms with Crippen LogP contribution < -0.4 is 0 Å². The maximum absolute atomic E-state index is 5.14. The Bertz CT molecular complexity index is 456. The summed E-state index contributed by atoms with van der Waals surface area (Å²) in [6.45, 7) is 3.61. The number of rotatable bonds is 7. The Hall–Kier alpha value is -0.490. The molecule has 0 aliphatic carbocycles. The number of alkyl halides is 1. The van der Waals surface area contributed by atoms with Crippen molar-refractivity contribution in [2.24, 2.45) is 0 Å². The van der Waals surface area contributed by atoms with Gasteiger partial charge in [0.2, 0.25) is 0 Å². The van der Waals surface area contributed by atoms with Gasteiger partial charge in [0.15, 0.2) is 0 Å². The molecule has 0 unspecified atom stereocenters. The standard InChI is InChI=1S/C13H17BrN2OS/c1-17-9-8-16(7-6-14)10-13-15-11-4-2-3-5-12(11)18-13/h2-5H,6-10H2,1H3. The number of nitrogens with zero attached hydrogens (tertiary/aromatic N) is 2. The van der Waals surface area contributed by atoms with E-state index in [2.05, 4.69) is 44.0 Å². The van der Waals surface area contributed by atoms with E-state index >= 15 is 0 Å². The van der Waals surface area contributed by atoms with Crippen LogP contribution >= 0.6 is 27.3 Å². The van der Waals surface area contributed by atoms with Gasteiger partial charge in [-0.2, -0.15) is 0 Å². The van der Waals surface area contributed by atoms with Gasteiger partial charge in [0.05, 0.1) is 23.4 Å². The summed E-state index contributed by atoms with van der Waals surface area (Å²) in [5.74, 6) is 0. The average molecular weight is 329 g/mol.